The number of anilines is 1. The number of aryl methyl sites for hydroxylation is 2. The van der Waals surface area contributed by atoms with Crippen molar-refractivity contribution in [2.24, 2.45) is 23.7 Å². The molecule has 0 unspecified atom stereocenters. The van der Waals surface area contributed by atoms with Gasteiger partial charge in [-0.15, -0.1) is 0 Å². The fourth-order valence-corrected chi connectivity index (χ4v) is 5.50. The Morgan fingerprint density at radius 2 is 1.84 bits per heavy atom. The van der Waals surface area contributed by atoms with Crippen molar-refractivity contribution in [3.63, 3.8) is 0 Å². The molecule has 0 aliphatic heterocycles. The van der Waals surface area contributed by atoms with Crippen LogP contribution in [0.4, 0.5) is 10.2 Å². The van der Waals surface area contributed by atoms with Crippen LogP contribution in [0.2, 0.25) is 0 Å². The molecule has 0 saturated heterocycles. The van der Waals surface area contributed by atoms with Gasteiger partial charge >= 0.3 is 0 Å². The monoisotopic (exact) mass is 505 g/mol. The van der Waals surface area contributed by atoms with Gasteiger partial charge in [0, 0.05) is 29.6 Å². The first kappa shape index (κ1) is 23.8. The molecule has 0 radical (unpaired) electrons. The molecule has 10 heteroatoms. The number of pyridine rings is 1. The van der Waals surface area contributed by atoms with Crippen LogP contribution in [0.3, 0.4) is 0 Å². The van der Waals surface area contributed by atoms with Crippen molar-refractivity contribution in [3.8, 4) is 11.1 Å². The van der Waals surface area contributed by atoms with E-state index in [0.717, 1.165) is 44.2 Å². The topological polar surface area (TPSA) is 118 Å². The third kappa shape index (κ3) is 5.01. The third-order valence-electron chi connectivity index (χ3n) is 7.86. The maximum Gasteiger partial charge on any atom is 0.270 e. The molecule has 3 aromatic heterocycles. The summed E-state index contributed by atoms with van der Waals surface area (Å²) in [6.07, 6.45) is 8.18. The molecule has 0 bridgehead atoms. The number of hydrogen-bond donors (Lipinski definition) is 3. The van der Waals surface area contributed by atoms with Crippen molar-refractivity contribution >= 4 is 17.6 Å². The summed E-state index contributed by atoms with van der Waals surface area (Å²) in [6.45, 7) is 4.34. The second-order valence-corrected chi connectivity index (χ2v) is 10.9. The highest BCUT2D eigenvalue weighted by Crippen LogP contribution is 2.51. The molecule has 3 aromatic rings. The second-order valence-electron chi connectivity index (χ2n) is 10.9. The number of rotatable bonds is 10. The summed E-state index contributed by atoms with van der Waals surface area (Å²) in [4.78, 5) is 31.0. The number of amides is 2. The number of halogens is 1. The lowest BCUT2D eigenvalue weighted by Crippen LogP contribution is -2.50. The highest BCUT2D eigenvalue weighted by molar-refractivity contribution is 6.00. The predicted molar refractivity (Wildman–Crippen MR) is 135 cm³/mol. The highest BCUT2D eigenvalue weighted by Gasteiger charge is 2.48. The van der Waals surface area contributed by atoms with Gasteiger partial charge in [0.2, 0.25) is 11.9 Å². The molecule has 3 saturated carbocycles. The van der Waals surface area contributed by atoms with Gasteiger partial charge in [0.05, 0.1) is 5.69 Å². The number of nitrogens with zero attached hydrogens (tertiary/aromatic N) is 4. The van der Waals surface area contributed by atoms with Gasteiger partial charge in [-0.2, -0.15) is 14.6 Å². The SMILES string of the molecule is Cc1n[nH]c(C)c1-c1ccc(NC(=O)[C@@H](NC(=O)c2ccnn2CC2CC2)C(C2CC2)C2CC2)nc1F. The van der Waals surface area contributed by atoms with E-state index >= 15 is 4.39 Å². The van der Waals surface area contributed by atoms with Crippen LogP contribution < -0.4 is 10.6 Å². The summed E-state index contributed by atoms with van der Waals surface area (Å²) in [6, 6.07) is 4.17. The highest BCUT2D eigenvalue weighted by atomic mass is 19.1. The Morgan fingerprint density at radius 1 is 1.11 bits per heavy atom. The van der Waals surface area contributed by atoms with Crippen LogP contribution in [0.5, 0.6) is 0 Å². The lowest BCUT2D eigenvalue weighted by molar-refractivity contribution is -0.119. The van der Waals surface area contributed by atoms with Gasteiger partial charge in [-0.1, -0.05) is 0 Å². The van der Waals surface area contributed by atoms with E-state index < -0.39 is 12.0 Å². The Morgan fingerprint density at radius 3 is 2.43 bits per heavy atom. The van der Waals surface area contributed by atoms with Crippen LogP contribution in [0, 0.1) is 43.5 Å². The van der Waals surface area contributed by atoms with Crippen molar-refractivity contribution in [3.05, 3.63) is 47.4 Å². The Labute approximate surface area is 214 Å². The van der Waals surface area contributed by atoms with Crippen LogP contribution in [0.1, 0.15) is 60.4 Å². The quantitative estimate of drug-likeness (QED) is 0.360. The van der Waals surface area contributed by atoms with Gasteiger partial charge in [-0.3, -0.25) is 19.4 Å². The summed E-state index contributed by atoms with van der Waals surface area (Å²) in [5, 5.41) is 17.1. The summed E-state index contributed by atoms with van der Waals surface area (Å²) in [7, 11) is 0. The average molecular weight is 506 g/mol. The van der Waals surface area contributed by atoms with Crippen molar-refractivity contribution in [1.82, 2.24) is 30.3 Å². The minimum absolute atomic E-state index is 0.0594. The van der Waals surface area contributed by atoms with Crippen LogP contribution in [0.15, 0.2) is 24.4 Å². The molecule has 3 aliphatic carbocycles. The molecule has 6 rings (SSSR count). The van der Waals surface area contributed by atoms with Crippen molar-refractivity contribution < 1.29 is 14.0 Å². The van der Waals surface area contributed by atoms with E-state index in [4.69, 9.17) is 0 Å². The first-order chi connectivity index (χ1) is 17.9. The number of hydrogen-bond acceptors (Lipinski definition) is 5. The lowest BCUT2D eigenvalue weighted by atomic mass is 9.88. The minimum Gasteiger partial charge on any atom is -0.339 e. The molecule has 0 aromatic carbocycles. The first-order valence-electron chi connectivity index (χ1n) is 13.2. The number of aromatic nitrogens is 5. The zero-order chi connectivity index (χ0) is 25.7. The van der Waals surface area contributed by atoms with Crippen LogP contribution >= 0.6 is 0 Å². The molecule has 9 nitrogen and oxygen atoms in total. The maximum absolute atomic E-state index is 15.0. The largest absolute Gasteiger partial charge is 0.339 e. The zero-order valence-corrected chi connectivity index (χ0v) is 21.1. The van der Waals surface area contributed by atoms with E-state index in [1.54, 1.807) is 36.0 Å². The molecular formula is C27H32FN7O2. The maximum atomic E-state index is 15.0. The molecule has 3 heterocycles. The zero-order valence-electron chi connectivity index (χ0n) is 21.1. The molecule has 3 aliphatic rings. The molecule has 2 amide bonds. The molecule has 3 N–H and O–H groups in total. The smallest absolute Gasteiger partial charge is 0.270 e. The van der Waals surface area contributed by atoms with Gasteiger partial charge in [-0.25, -0.2) is 4.98 Å². The van der Waals surface area contributed by atoms with Crippen molar-refractivity contribution in [1.29, 1.82) is 0 Å². The Kier molecular flexibility index (Phi) is 6.04. The number of aromatic amines is 1. The average Bonchev–Trinajstić information content (AvgIpc) is 3.75. The van der Waals surface area contributed by atoms with E-state index in [-0.39, 0.29) is 23.6 Å². The summed E-state index contributed by atoms with van der Waals surface area (Å²) < 4.78 is 16.8. The fourth-order valence-electron chi connectivity index (χ4n) is 5.50. The van der Waals surface area contributed by atoms with Gasteiger partial charge in [0.1, 0.15) is 17.6 Å². The van der Waals surface area contributed by atoms with E-state index in [1.807, 2.05) is 6.92 Å². The Bertz CT molecular complexity index is 1300. The number of carbonyl (C=O) groups excluding carboxylic acids is 2. The van der Waals surface area contributed by atoms with E-state index in [9.17, 15) is 9.59 Å². The van der Waals surface area contributed by atoms with Crippen molar-refractivity contribution in [2.75, 3.05) is 5.32 Å². The molecule has 1 atom stereocenters. The van der Waals surface area contributed by atoms with Gasteiger partial charge in [0.15, 0.2) is 0 Å². The lowest BCUT2D eigenvalue weighted by Gasteiger charge is -2.27. The Hall–Kier alpha value is -3.56. The Balaban J connectivity index is 1.23. The number of H-pyrrole nitrogens is 1. The molecule has 3 fully saturated rings. The molecule has 194 valence electrons. The fraction of sp³-hybridized carbons (Fsp3) is 0.519. The third-order valence-corrected chi connectivity index (χ3v) is 7.86. The second kappa shape index (κ2) is 9.39. The number of carbonyl (C=O) groups is 2. The summed E-state index contributed by atoms with van der Waals surface area (Å²) >= 11 is 0. The van der Waals surface area contributed by atoms with Crippen molar-refractivity contribution in [2.45, 2.75) is 65.0 Å². The minimum atomic E-state index is -0.723. The molecular weight excluding hydrogens is 473 g/mol. The van der Waals surface area contributed by atoms with Crippen LogP contribution in [-0.4, -0.2) is 42.8 Å². The van der Waals surface area contributed by atoms with Crippen LogP contribution in [-0.2, 0) is 11.3 Å². The van der Waals surface area contributed by atoms with Gasteiger partial charge in [-0.05, 0) is 94.2 Å². The van der Waals surface area contributed by atoms with Gasteiger partial charge in [0.25, 0.3) is 5.91 Å². The van der Waals surface area contributed by atoms with Gasteiger partial charge < -0.3 is 10.6 Å². The molecule has 37 heavy (non-hydrogen) atoms. The predicted octanol–water partition coefficient (Wildman–Crippen LogP) is 4.01. The van der Waals surface area contributed by atoms with Crippen LogP contribution in [0.25, 0.3) is 11.1 Å². The molecule has 0 spiro atoms. The first-order valence-corrected chi connectivity index (χ1v) is 13.2. The number of nitrogens with one attached hydrogen (secondary N) is 3. The normalized spacial score (nSPS) is 18.2. The summed E-state index contributed by atoms with van der Waals surface area (Å²) in [5.74, 6) is 0.229. The van der Waals surface area contributed by atoms with E-state index in [1.165, 1.54) is 0 Å². The standard InChI is InChI=1S/C27H32FN7O2/c1-14-22(15(2)34-33-14)19-9-10-21(30-25(19)28)31-27(37)24(23(17-5-6-17)18-7-8-18)32-26(36)20-11-12-29-35(20)13-16-3-4-16/h9-12,16-18,23-24H,3-8,13H2,1-2H3,(H,32,36)(H,33,34)(H,30,31,37)/t24-/m0/s1. The van der Waals surface area contributed by atoms with E-state index in [0.29, 0.717) is 46.8 Å². The van der Waals surface area contributed by atoms with E-state index in [2.05, 4.69) is 30.9 Å². The summed E-state index contributed by atoms with van der Waals surface area (Å²) in [5.41, 5.74) is 2.88.